The van der Waals surface area contributed by atoms with Crippen molar-refractivity contribution < 1.29 is 4.74 Å². The molecule has 0 amide bonds. The first-order valence-electron chi connectivity index (χ1n) is 6.84. The number of hydrogen-bond acceptors (Lipinski definition) is 3. The number of morpholine rings is 1. The number of nitrogens with zero attached hydrogens (tertiary/aromatic N) is 2. The van der Waals surface area contributed by atoms with Gasteiger partial charge < -0.3 is 4.74 Å². The maximum absolute atomic E-state index is 5.52. The quantitative estimate of drug-likeness (QED) is 0.677. The molecule has 98 valence electrons. The fourth-order valence-electron chi connectivity index (χ4n) is 2.35. The lowest BCUT2D eigenvalue weighted by molar-refractivity contribution is -0.0441. The Hall–Kier alpha value is -0.560. The Bertz CT molecular complexity index is 257. The van der Waals surface area contributed by atoms with Gasteiger partial charge in [-0.2, -0.15) is 0 Å². The van der Waals surface area contributed by atoms with Crippen LogP contribution in [0.5, 0.6) is 0 Å². The third-order valence-corrected chi connectivity index (χ3v) is 3.25. The van der Waals surface area contributed by atoms with Gasteiger partial charge in [-0.1, -0.05) is 13.8 Å². The summed E-state index contributed by atoms with van der Waals surface area (Å²) in [4.78, 5) is 5.08. The first kappa shape index (κ1) is 14.5. The molecule has 17 heavy (non-hydrogen) atoms. The zero-order valence-electron chi connectivity index (χ0n) is 11.5. The van der Waals surface area contributed by atoms with E-state index in [4.69, 9.17) is 4.74 Å². The molecule has 2 saturated heterocycles. The van der Waals surface area contributed by atoms with Gasteiger partial charge in [0.05, 0.1) is 13.2 Å². The molecule has 2 rings (SSSR count). The summed E-state index contributed by atoms with van der Waals surface area (Å²) in [6, 6.07) is 0.627. The lowest BCUT2D eigenvalue weighted by atomic mass is 10.1. The molecule has 3 nitrogen and oxygen atoms in total. The van der Waals surface area contributed by atoms with Crippen molar-refractivity contribution in [1.29, 1.82) is 0 Å². The molecule has 0 aromatic rings. The van der Waals surface area contributed by atoms with Gasteiger partial charge >= 0.3 is 0 Å². The van der Waals surface area contributed by atoms with Crippen LogP contribution >= 0.6 is 0 Å². The van der Waals surface area contributed by atoms with Gasteiger partial charge in [0, 0.05) is 45.2 Å². The Kier molecular flexibility index (Phi) is 7.27. The number of rotatable bonds is 2. The molecule has 2 fully saturated rings. The predicted molar refractivity (Wildman–Crippen MR) is 72.0 cm³/mol. The molecule has 0 aromatic heterocycles. The Morgan fingerprint density at radius 1 is 1.24 bits per heavy atom. The van der Waals surface area contributed by atoms with Gasteiger partial charge in [0.1, 0.15) is 0 Å². The molecular formula is C14H26N2O. The Balaban J connectivity index is 0.000000686. The lowest BCUT2D eigenvalue weighted by Gasteiger charge is -2.43. The van der Waals surface area contributed by atoms with Crippen LogP contribution in [0.1, 0.15) is 27.2 Å². The van der Waals surface area contributed by atoms with Gasteiger partial charge in [0.25, 0.3) is 0 Å². The van der Waals surface area contributed by atoms with Crippen molar-refractivity contribution in [3.8, 4) is 11.8 Å². The summed E-state index contributed by atoms with van der Waals surface area (Å²) < 4.78 is 5.52. The SMILES string of the molecule is CC.CC#CCCN1CCN2CCOCC2C1. The summed E-state index contributed by atoms with van der Waals surface area (Å²) in [6.07, 6.45) is 1.00. The molecule has 0 spiro atoms. The number of piperazine rings is 1. The van der Waals surface area contributed by atoms with Crippen LogP contribution in [0.2, 0.25) is 0 Å². The van der Waals surface area contributed by atoms with Gasteiger partial charge in [-0.15, -0.1) is 11.8 Å². The van der Waals surface area contributed by atoms with Crippen LogP contribution in [0.4, 0.5) is 0 Å². The second kappa shape index (κ2) is 8.52. The largest absolute Gasteiger partial charge is 0.378 e. The van der Waals surface area contributed by atoms with Crippen molar-refractivity contribution in [2.45, 2.75) is 33.2 Å². The Labute approximate surface area is 106 Å². The van der Waals surface area contributed by atoms with Crippen molar-refractivity contribution in [1.82, 2.24) is 9.80 Å². The molecule has 0 aliphatic carbocycles. The van der Waals surface area contributed by atoms with Crippen LogP contribution in [-0.2, 0) is 4.74 Å². The van der Waals surface area contributed by atoms with Crippen LogP contribution in [0.3, 0.4) is 0 Å². The summed E-state index contributed by atoms with van der Waals surface area (Å²) in [5.41, 5.74) is 0. The lowest BCUT2D eigenvalue weighted by Crippen LogP contribution is -2.58. The standard InChI is InChI=1S/C12H20N2O.C2H6/c1-2-3-4-5-13-6-7-14-8-9-15-11-12(14)10-13;1-2/h12H,4-11H2,1H3;1-2H3. The van der Waals surface area contributed by atoms with Crippen LogP contribution in [0.15, 0.2) is 0 Å². The second-order valence-corrected chi connectivity index (χ2v) is 4.24. The fraction of sp³-hybridized carbons (Fsp3) is 0.857. The highest BCUT2D eigenvalue weighted by molar-refractivity contribution is 4.96. The normalized spacial score (nSPS) is 25.0. The topological polar surface area (TPSA) is 15.7 Å². The zero-order valence-corrected chi connectivity index (χ0v) is 11.5. The molecule has 3 heteroatoms. The molecular weight excluding hydrogens is 212 g/mol. The molecule has 0 saturated carbocycles. The highest BCUT2D eigenvalue weighted by atomic mass is 16.5. The van der Waals surface area contributed by atoms with E-state index in [-0.39, 0.29) is 0 Å². The van der Waals surface area contributed by atoms with E-state index < -0.39 is 0 Å². The molecule has 1 unspecified atom stereocenters. The Morgan fingerprint density at radius 3 is 2.82 bits per heavy atom. The van der Waals surface area contributed by atoms with E-state index in [2.05, 4.69) is 21.6 Å². The molecule has 2 heterocycles. The van der Waals surface area contributed by atoms with E-state index in [0.717, 1.165) is 39.3 Å². The average Bonchev–Trinajstić information content (AvgIpc) is 2.41. The highest BCUT2D eigenvalue weighted by Crippen LogP contribution is 2.13. The minimum atomic E-state index is 0.627. The van der Waals surface area contributed by atoms with E-state index in [0.29, 0.717) is 6.04 Å². The third kappa shape index (κ3) is 4.67. The number of ether oxygens (including phenoxy) is 1. The van der Waals surface area contributed by atoms with Crippen LogP contribution in [0.25, 0.3) is 0 Å². The highest BCUT2D eigenvalue weighted by Gasteiger charge is 2.28. The molecule has 0 radical (unpaired) electrons. The minimum Gasteiger partial charge on any atom is -0.378 e. The molecule has 2 aliphatic heterocycles. The van der Waals surface area contributed by atoms with E-state index >= 15 is 0 Å². The second-order valence-electron chi connectivity index (χ2n) is 4.24. The summed E-state index contributed by atoms with van der Waals surface area (Å²) in [5, 5.41) is 0. The first-order valence-corrected chi connectivity index (χ1v) is 6.84. The average molecular weight is 238 g/mol. The molecule has 1 atom stereocenters. The molecule has 2 aliphatic rings. The summed E-state index contributed by atoms with van der Waals surface area (Å²) >= 11 is 0. The van der Waals surface area contributed by atoms with Crippen LogP contribution in [-0.4, -0.2) is 61.8 Å². The minimum absolute atomic E-state index is 0.627. The Morgan fingerprint density at radius 2 is 2.06 bits per heavy atom. The van der Waals surface area contributed by atoms with Gasteiger partial charge in [-0.25, -0.2) is 0 Å². The maximum Gasteiger partial charge on any atom is 0.0634 e. The van der Waals surface area contributed by atoms with Crippen LogP contribution in [0, 0.1) is 11.8 Å². The monoisotopic (exact) mass is 238 g/mol. The van der Waals surface area contributed by atoms with Crippen molar-refractivity contribution in [2.75, 3.05) is 45.9 Å². The number of fused-ring (bicyclic) bond motifs is 1. The zero-order chi connectivity index (χ0) is 12.5. The summed E-state index contributed by atoms with van der Waals surface area (Å²) in [5.74, 6) is 6.08. The predicted octanol–water partition coefficient (Wildman–Crippen LogP) is 1.44. The van der Waals surface area contributed by atoms with E-state index in [1.807, 2.05) is 20.8 Å². The third-order valence-electron chi connectivity index (χ3n) is 3.25. The molecule has 0 bridgehead atoms. The summed E-state index contributed by atoms with van der Waals surface area (Å²) in [7, 11) is 0. The van der Waals surface area contributed by atoms with Gasteiger partial charge in [-0.05, 0) is 6.92 Å². The van der Waals surface area contributed by atoms with Gasteiger partial charge in [0.15, 0.2) is 0 Å². The van der Waals surface area contributed by atoms with Gasteiger partial charge in [0.2, 0.25) is 0 Å². The summed E-state index contributed by atoms with van der Waals surface area (Å²) in [6.45, 7) is 13.5. The molecule has 0 aromatic carbocycles. The van der Waals surface area contributed by atoms with E-state index in [1.165, 1.54) is 13.1 Å². The molecule has 0 N–H and O–H groups in total. The van der Waals surface area contributed by atoms with Crippen molar-refractivity contribution in [3.05, 3.63) is 0 Å². The van der Waals surface area contributed by atoms with Crippen LogP contribution < -0.4 is 0 Å². The van der Waals surface area contributed by atoms with Gasteiger partial charge in [-0.3, -0.25) is 9.80 Å². The maximum atomic E-state index is 5.52. The van der Waals surface area contributed by atoms with E-state index in [1.54, 1.807) is 0 Å². The van der Waals surface area contributed by atoms with Crippen molar-refractivity contribution >= 4 is 0 Å². The smallest absolute Gasteiger partial charge is 0.0634 e. The fourth-order valence-corrected chi connectivity index (χ4v) is 2.35. The van der Waals surface area contributed by atoms with E-state index in [9.17, 15) is 0 Å². The number of hydrogen-bond donors (Lipinski definition) is 0. The van der Waals surface area contributed by atoms with Crippen molar-refractivity contribution in [3.63, 3.8) is 0 Å². The van der Waals surface area contributed by atoms with Crippen molar-refractivity contribution in [2.24, 2.45) is 0 Å². The first-order chi connectivity index (χ1) is 8.40.